The molecule has 1 aromatic carbocycles. The van der Waals surface area contributed by atoms with Gasteiger partial charge in [-0.1, -0.05) is 12.1 Å². The van der Waals surface area contributed by atoms with Gasteiger partial charge in [0, 0.05) is 12.1 Å². The molecule has 3 atom stereocenters. The first-order valence-electron chi connectivity index (χ1n) is 12.2. The van der Waals surface area contributed by atoms with Crippen molar-refractivity contribution >= 4 is 29.4 Å². The lowest BCUT2D eigenvalue weighted by Crippen LogP contribution is -2.56. The van der Waals surface area contributed by atoms with Crippen molar-refractivity contribution < 1.29 is 33.8 Å². The van der Waals surface area contributed by atoms with E-state index < -0.39 is 53.0 Å². The van der Waals surface area contributed by atoms with Gasteiger partial charge in [-0.15, -0.1) is 0 Å². The van der Waals surface area contributed by atoms with Crippen LogP contribution in [-0.4, -0.2) is 64.7 Å². The van der Waals surface area contributed by atoms with Crippen LogP contribution in [0.5, 0.6) is 0 Å². The number of hydrogen-bond acceptors (Lipinski definition) is 8. The maximum absolute atomic E-state index is 13.2. The van der Waals surface area contributed by atoms with E-state index in [-0.39, 0.29) is 26.1 Å². The molecule has 0 saturated carbocycles. The van der Waals surface area contributed by atoms with Crippen LogP contribution in [-0.2, 0) is 35.3 Å². The van der Waals surface area contributed by atoms with Crippen LogP contribution in [0.4, 0.5) is 5.69 Å². The number of anilines is 1. The van der Waals surface area contributed by atoms with Gasteiger partial charge in [0.15, 0.2) is 0 Å². The van der Waals surface area contributed by atoms with Crippen LogP contribution >= 0.6 is 0 Å². The number of benzene rings is 1. The molecule has 11 nitrogen and oxygen atoms in total. The summed E-state index contributed by atoms with van der Waals surface area (Å²) in [5.41, 5.74) is 5.45. The molecule has 0 bridgehead atoms. The second-order valence-electron chi connectivity index (χ2n) is 10.8. The molecule has 6 N–H and O–H groups in total. The summed E-state index contributed by atoms with van der Waals surface area (Å²) in [7, 11) is 0. The topological polar surface area (TPSA) is 169 Å². The van der Waals surface area contributed by atoms with Crippen molar-refractivity contribution in [2.45, 2.75) is 97.2 Å². The molecule has 3 unspecified atom stereocenters. The molecular weight excluding hydrogens is 480 g/mol. The van der Waals surface area contributed by atoms with Crippen molar-refractivity contribution in [2.75, 3.05) is 11.9 Å². The van der Waals surface area contributed by atoms with Crippen molar-refractivity contribution in [1.29, 1.82) is 0 Å². The smallest absolute Gasteiger partial charge is 0.306 e. The van der Waals surface area contributed by atoms with Crippen molar-refractivity contribution in [3.8, 4) is 0 Å². The number of esters is 1. The Hall–Kier alpha value is -3.02. The number of amides is 3. The molecule has 0 saturated heterocycles. The van der Waals surface area contributed by atoms with Crippen LogP contribution in [0, 0.1) is 0 Å². The van der Waals surface area contributed by atoms with Gasteiger partial charge >= 0.3 is 5.97 Å². The average Bonchev–Trinajstić information content (AvgIpc) is 2.77. The first kappa shape index (κ1) is 32.0. The van der Waals surface area contributed by atoms with Gasteiger partial charge in [-0.2, -0.15) is 0 Å². The van der Waals surface area contributed by atoms with Gasteiger partial charge in [0.2, 0.25) is 17.7 Å². The second-order valence-corrected chi connectivity index (χ2v) is 10.8. The number of nitrogens with one attached hydrogen (secondary N) is 3. The fraction of sp³-hybridized carbons (Fsp3) is 0.615. The number of aliphatic hydroxyl groups excluding tert-OH is 1. The third-order valence-corrected chi connectivity index (χ3v) is 4.82. The largest absolute Gasteiger partial charge is 0.460 e. The normalized spacial score (nSPS) is 14.2. The predicted octanol–water partition coefficient (Wildman–Crippen LogP) is 1.37. The zero-order valence-electron chi connectivity index (χ0n) is 22.8. The zero-order chi connectivity index (χ0) is 28.4. The molecule has 11 heteroatoms. The molecule has 0 radical (unpaired) electrons. The molecular formula is C26H42N4O7. The fourth-order valence-electron chi connectivity index (χ4n) is 2.94. The summed E-state index contributed by atoms with van der Waals surface area (Å²) in [6, 6.07) is 3.40. The SMILES string of the molecule is CC(N)C(=O)NC(COC(C)(C)C)C(=O)NC(CCC(=O)OC(C)(C)C)C(=O)Nc1ccc(CO)cc1. The monoisotopic (exact) mass is 522 g/mol. The summed E-state index contributed by atoms with van der Waals surface area (Å²) in [6.07, 6.45) is -0.177. The number of carbonyl (C=O) groups excluding carboxylic acids is 4. The number of aliphatic hydroxyl groups is 1. The Morgan fingerprint density at radius 1 is 0.892 bits per heavy atom. The Bertz CT molecular complexity index is 918. The first-order valence-corrected chi connectivity index (χ1v) is 12.2. The highest BCUT2D eigenvalue weighted by atomic mass is 16.6. The highest BCUT2D eigenvalue weighted by Crippen LogP contribution is 2.14. The van der Waals surface area contributed by atoms with E-state index in [1.54, 1.807) is 65.8 Å². The average molecular weight is 523 g/mol. The molecule has 0 aliphatic rings. The van der Waals surface area contributed by atoms with E-state index in [1.165, 1.54) is 6.92 Å². The van der Waals surface area contributed by atoms with Gasteiger partial charge in [0.05, 0.1) is 24.9 Å². The van der Waals surface area contributed by atoms with Gasteiger partial charge in [-0.3, -0.25) is 19.2 Å². The Labute approximate surface area is 218 Å². The standard InChI is InChI=1S/C26H42N4O7/c1-16(27)22(33)30-20(15-36-25(2,3)4)24(35)29-19(12-13-21(32)37-26(5,6)7)23(34)28-18-10-8-17(14-31)9-11-18/h8-11,16,19-20,31H,12-15,27H2,1-7H3,(H,28,34)(H,29,35)(H,30,33). The van der Waals surface area contributed by atoms with Crippen molar-refractivity contribution in [3.63, 3.8) is 0 Å². The molecule has 0 fully saturated rings. The molecule has 1 aromatic rings. The molecule has 3 amide bonds. The fourth-order valence-corrected chi connectivity index (χ4v) is 2.94. The number of hydrogen-bond donors (Lipinski definition) is 5. The lowest BCUT2D eigenvalue weighted by molar-refractivity contribution is -0.155. The van der Waals surface area contributed by atoms with E-state index in [4.69, 9.17) is 15.2 Å². The lowest BCUT2D eigenvalue weighted by atomic mass is 10.1. The van der Waals surface area contributed by atoms with Gasteiger partial charge in [0.25, 0.3) is 0 Å². The van der Waals surface area contributed by atoms with Gasteiger partial charge in [-0.25, -0.2) is 0 Å². The van der Waals surface area contributed by atoms with E-state index in [2.05, 4.69) is 16.0 Å². The highest BCUT2D eigenvalue weighted by molar-refractivity contribution is 5.98. The van der Waals surface area contributed by atoms with Crippen LogP contribution in [0.1, 0.15) is 66.9 Å². The summed E-state index contributed by atoms with van der Waals surface area (Å²) in [4.78, 5) is 50.8. The van der Waals surface area contributed by atoms with E-state index in [0.29, 0.717) is 11.3 Å². The van der Waals surface area contributed by atoms with Gasteiger partial charge in [0.1, 0.15) is 17.7 Å². The molecule has 0 aliphatic heterocycles. The van der Waals surface area contributed by atoms with Crippen molar-refractivity contribution in [1.82, 2.24) is 10.6 Å². The van der Waals surface area contributed by atoms with E-state index in [9.17, 15) is 24.3 Å². The quantitative estimate of drug-likeness (QED) is 0.256. The number of rotatable bonds is 12. The summed E-state index contributed by atoms with van der Waals surface area (Å²) >= 11 is 0. The third kappa shape index (κ3) is 13.2. The Kier molecular flexibility index (Phi) is 12.2. The van der Waals surface area contributed by atoms with Crippen LogP contribution in [0.25, 0.3) is 0 Å². The molecule has 0 aliphatic carbocycles. The van der Waals surface area contributed by atoms with Crippen molar-refractivity contribution in [2.24, 2.45) is 5.73 Å². The molecule has 208 valence electrons. The van der Waals surface area contributed by atoms with E-state index in [1.807, 2.05) is 0 Å². The first-order chi connectivity index (χ1) is 17.0. The Morgan fingerprint density at radius 3 is 1.95 bits per heavy atom. The van der Waals surface area contributed by atoms with Crippen LogP contribution < -0.4 is 21.7 Å². The molecule has 0 heterocycles. The minimum atomic E-state index is -1.13. The Morgan fingerprint density at radius 2 is 1.46 bits per heavy atom. The summed E-state index contributed by atoms with van der Waals surface area (Å²) in [6.45, 7) is 11.8. The lowest BCUT2D eigenvalue weighted by Gasteiger charge is -2.27. The summed E-state index contributed by atoms with van der Waals surface area (Å²) in [5, 5.41) is 17.1. The van der Waals surface area contributed by atoms with E-state index >= 15 is 0 Å². The molecule has 1 rings (SSSR count). The van der Waals surface area contributed by atoms with Gasteiger partial charge in [-0.05, 0) is 72.6 Å². The van der Waals surface area contributed by atoms with Gasteiger partial charge < -0.3 is 36.3 Å². The maximum Gasteiger partial charge on any atom is 0.306 e. The third-order valence-electron chi connectivity index (χ3n) is 4.82. The minimum Gasteiger partial charge on any atom is -0.460 e. The van der Waals surface area contributed by atoms with Crippen LogP contribution in [0.15, 0.2) is 24.3 Å². The predicted molar refractivity (Wildman–Crippen MR) is 139 cm³/mol. The maximum atomic E-state index is 13.2. The number of ether oxygens (including phenoxy) is 2. The summed E-state index contributed by atoms with van der Waals surface area (Å²) < 4.78 is 11.0. The number of carbonyl (C=O) groups is 4. The molecule has 0 spiro atoms. The summed E-state index contributed by atoms with van der Waals surface area (Å²) in [5.74, 6) is -2.32. The second kappa shape index (κ2) is 14.1. The van der Waals surface area contributed by atoms with Crippen molar-refractivity contribution in [3.05, 3.63) is 29.8 Å². The Balaban J connectivity index is 3.08. The highest BCUT2D eigenvalue weighted by Gasteiger charge is 2.30. The van der Waals surface area contributed by atoms with Crippen LogP contribution in [0.3, 0.4) is 0 Å². The zero-order valence-corrected chi connectivity index (χ0v) is 22.8. The van der Waals surface area contributed by atoms with E-state index in [0.717, 1.165) is 0 Å². The molecule has 37 heavy (non-hydrogen) atoms. The van der Waals surface area contributed by atoms with Crippen LogP contribution in [0.2, 0.25) is 0 Å². The minimum absolute atomic E-state index is 0.0463. The number of nitrogens with two attached hydrogens (primary N) is 1. The molecule has 0 aromatic heterocycles.